The Morgan fingerprint density at radius 3 is 2.47 bits per heavy atom. The van der Waals surface area contributed by atoms with Crippen molar-refractivity contribution < 1.29 is 9.21 Å². The molecule has 0 aliphatic heterocycles. The van der Waals surface area contributed by atoms with Gasteiger partial charge < -0.3 is 4.42 Å². The highest BCUT2D eigenvalue weighted by atomic mass is 79.9. The van der Waals surface area contributed by atoms with Crippen LogP contribution in [0.2, 0.25) is 0 Å². The maximum atomic E-state index is 12.2. The third-order valence-electron chi connectivity index (χ3n) is 2.47. The number of halogens is 1. The van der Waals surface area contributed by atoms with Gasteiger partial charge in [0.2, 0.25) is 5.78 Å². The van der Waals surface area contributed by atoms with Gasteiger partial charge in [-0.2, -0.15) is 5.26 Å². The third-order valence-corrected chi connectivity index (χ3v) is 2.89. The number of rotatable bonds is 3. The predicted molar refractivity (Wildman–Crippen MR) is 70.6 cm³/mol. The quantitative estimate of drug-likeness (QED) is 0.812. The minimum atomic E-state index is -1.06. The third kappa shape index (κ3) is 2.88. The zero-order chi connectivity index (χ0) is 14.0. The van der Waals surface area contributed by atoms with E-state index in [1.54, 1.807) is 26.0 Å². The Labute approximate surface area is 118 Å². The number of nitrogens with zero attached hydrogens (tertiary/aromatic N) is 3. The second-order valence-corrected chi connectivity index (χ2v) is 4.82. The smallest absolute Gasteiger partial charge is 0.222 e. The lowest BCUT2D eigenvalue weighted by molar-refractivity contribution is 0.0948. The van der Waals surface area contributed by atoms with Gasteiger partial charge in [0.05, 0.1) is 6.07 Å². The van der Waals surface area contributed by atoms with Crippen molar-refractivity contribution in [3.05, 3.63) is 45.8 Å². The van der Waals surface area contributed by atoms with Crippen LogP contribution in [0.5, 0.6) is 0 Å². The van der Waals surface area contributed by atoms with Gasteiger partial charge in [-0.05, 0) is 48.0 Å². The van der Waals surface area contributed by atoms with Crippen molar-refractivity contribution in [2.24, 2.45) is 0 Å². The molecule has 0 N–H and O–H groups in total. The van der Waals surface area contributed by atoms with Crippen molar-refractivity contribution in [2.75, 3.05) is 0 Å². The predicted octanol–water partition coefficient (Wildman–Crippen LogP) is 2.94. The largest absolute Gasteiger partial charge is 0.446 e. The molecule has 1 atom stereocenters. The lowest BCUT2D eigenvalue weighted by atomic mass is 10.0. The van der Waals surface area contributed by atoms with Crippen LogP contribution in [0, 0.1) is 25.2 Å². The molecule has 0 bridgehead atoms. The number of hydrogen-bond acceptors (Lipinski definition) is 5. The first kappa shape index (κ1) is 13.4. The molecule has 96 valence electrons. The number of carbonyl (C=O) groups is 1. The van der Waals surface area contributed by atoms with Crippen molar-refractivity contribution in [3.63, 3.8) is 0 Å². The van der Waals surface area contributed by atoms with Crippen molar-refractivity contribution in [2.45, 2.75) is 19.8 Å². The molecule has 0 radical (unpaired) electrons. The molecule has 1 unspecified atom stereocenters. The van der Waals surface area contributed by atoms with Crippen LogP contribution in [0.4, 0.5) is 0 Å². The molecular weight excluding hydrogens is 310 g/mol. The van der Waals surface area contributed by atoms with Gasteiger partial charge in [-0.15, -0.1) is 0 Å². The molecule has 0 spiro atoms. The fourth-order valence-corrected chi connectivity index (χ4v) is 2.01. The van der Waals surface area contributed by atoms with Gasteiger partial charge in [0, 0.05) is 11.4 Å². The Morgan fingerprint density at radius 1 is 1.37 bits per heavy atom. The average molecular weight is 320 g/mol. The molecule has 0 saturated heterocycles. The van der Waals surface area contributed by atoms with E-state index < -0.39 is 11.7 Å². The zero-order valence-electron chi connectivity index (χ0n) is 10.3. The summed E-state index contributed by atoms with van der Waals surface area (Å²) in [4.78, 5) is 20.5. The second-order valence-electron chi connectivity index (χ2n) is 4.04. The number of aryl methyl sites for hydroxylation is 2. The van der Waals surface area contributed by atoms with Gasteiger partial charge in [0.15, 0.2) is 22.2 Å². The Kier molecular flexibility index (Phi) is 3.76. The van der Waals surface area contributed by atoms with Crippen LogP contribution in [0.25, 0.3) is 0 Å². The first-order chi connectivity index (χ1) is 9.01. The molecule has 19 heavy (non-hydrogen) atoms. The van der Waals surface area contributed by atoms with Gasteiger partial charge in [-0.3, -0.25) is 4.79 Å². The minimum Gasteiger partial charge on any atom is -0.446 e. The van der Waals surface area contributed by atoms with Gasteiger partial charge in [0.1, 0.15) is 0 Å². The Bertz CT molecular complexity index is 653. The maximum Gasteiger partial charge on any atom is 0.222 e. The fraction of sp³-hybridized carbons (Fsp3) is 0.231. The lowest BCUT2D eigenvalue weighted by Gasteiger charge is -2.07. The second kappa shape index (κ2) is 5.33. The van der Waals surface area contributed by atoms with Crippen molar-refractivity contribution in [3.8, 4) is 6.07 Å². The van der Waals surface area contributed by atoms with Crippen LogP contribution in [-0.2, 0) is 0 Å². The molecule has 6 heteroatoms. The average Bonchev–Trinajstić information content (AvgIpc) is 2.75. The summed E-state index contributed by atoms with van der Waals surface area (Å²) in [6.07, 6.45) is 0. The molecule has 0 aliphatic carbocycles. The highest BCUT2D eigenvalue weighted by Crippen LogP contribution is 2.22. The van der Waals surface area contributed by atoms with E-state index in [1.165, 1.54) is 6.07 Å². The topological polar surface area (TPSA) is 79.8 Å². The molecule has 0 saturated carbocycles. The molecule has 0 aromatic carbocycles. The number of ketones is 1. The van der Waals surface area contributed by atoms with Crippen LogP contribution < -0.4 is 0 Å². The molecular formula is C13H10BrN3O2. The Balaban J connectivity index is 2.40. The summed E-state index contributed by atoms with van der Waals surface area (Å²) in [5.74, 6) is -1.19. The van der Waals surface area contributed by atoms with Crippen molar-refractivity contribution in [1.82, 2.24) is 9.97 Å². The lowest BCUT2D eigenvalue weighted by Crippen LogP contribution is -2.15. The molecule has 2 heterocycles. The van der Waals surface area contributed by atoms with Crippen LogP contribution in [0.3, 0.4) is 0 Å². The summed E-state index contributed by atoms with van der Waals surface area (Å²) < 4.78 is 5.61. The van der Waals surface area contributed by atoms with E-state index in [1.807, 2.05) is 6.07 Å². The van der Waals surface area contributed by atoms with E-state index in [2.05, 4.69) is 25.9 Å². The standard InChI is InChI=1S/C13H10BrN3O2/c1-7-5-8(2)17-13(16-7)9(6-15)12(18)10-3-4-11(14)19-10/h3-5,9H,1-2H3. The van der Waals surface area contributed by atoms with E-state index in [0.717, 1.165) is 11.4 Å². The normalized spacial score (nSPS) is 11.9. The number of hydrogen-bond donors (Lipinski definition) is 0. The minimum absolute atomic E-state index is 0.112. The van der Waals surface area contributed by atoms with E-state index in [0.29, 0.717) is 4.67 Å². The van der Waals surface area contributed by atoms with E-state index >= 15 is 0 Å². The SMILES string of the molecule is Cc1cc(C)nc(C(C#N)C(=O)c2ccc(Br)o2)n1. The van der Waals surface area contributed by atoms with Gasteiger partial charge in [-0.25, -0.2) is 9.97 Å². The highest BCUT2D eigenvalue weighted by Gasteiger charge is 2.27. The summed E-state index contributed by atoms with van der Waals surface area (Å²) in [7, 11) is 0. The van der Waals surface area contributed by atoms with Crippen LogP contribution in [0.1, 0.15) is 33.7 Å². The molecule has 0 amide bonds. The molecule has 2 rings (SSSR count). The number of furan rings is 1. The Morgan fingerprint density at radius 2 is 2.00 bits per heavy atom. The Hall–Kier alpha value is -2.00. The van der Waals surface area contributed by atoms with Crippen molar-refractivity contribution >= 4 is 21.7 Å². The van der Waals surface area contributed by atoms with Crippen LogP contribution in [-0.4, -0.2) is 15.8 Å². The van der Waals surface area contributed by atoms with Gasteiger partial charge in [0.25, 0.3) is 0 Å². The van der Waals surface area contributed by atoms with Gasteiger partial charge >= 0.3 is 0 Å². The van der Waals surface area contributed by atoms with Crippen LogP contribution in [0.15, 0.2) is 27.3 Å². The summed E-state index contributed by atoms with van der Waals surface area (Å²) in [6.45, 7) is 3.58. The molecule has 0 aliphatic rings. The highest BCUT2D eigenvalue weighted by molar-refractivity contribution is 9.10. The van der Waals surface area contributed by atoms with E-state index in [9.17, 15) is 10.1 Å². The molecule has 2 aromatic rings. The van der Waals surface area contributed by atoms with Crippen molar-refractivity contribution in [1.29, 1.82) is 5.26 Å². The maximum absolute atomic E-state index is 12.2. The summed E-state index contributed by atoms with van der Waals surface area (Å²) in [5, 5.41) is 9.20. The molecule has 0 fully saturated rings. The van der Waals surface area contributed by atoms with E-state index in [-0.39, 0.29) is 11.6 Å². The monoisotopic (exact) mass is 319 g/mol. The zero-order valence-corrected chi connectivity index (χ0v) is 11.9. The molecule has 5 nitrogen and oxygen atoms in total. The summed E-state index contributed by atoms with van der Waals surface area (Å²) in [5.41, 5.74) is 1.44. The first-order valence-corrected chi connectivity index (χ1v) is 6.32. The van der Waals surface area contributed by atoms with E-state index in [4.69, 9.17) is 4.42 Å². The van der Waals surface area contributed by atoms with Crippen LogP contribution >= 0.6 is 15.9 Å². The number of carbonyl (C=O) groups excluding carboxylic acids is 1. The number of Topliss-reactive ketones (excluding diaryl/α,β-unsaturated/α-hetero) is 1. The summed E-state index contributed by atoms with van der Waals surface area (Å²) in [6, 6.07) is 6.83. The first-order valence-electron chi connectivity index (χ1n) is 5.52. The number of aromatic nitrogens is 2. The fourth-order valence-electron chi connectivity index (χ4n) is 1.70. The van der Waals surface area contributed by atoms with Gasteiger partial charge in [-0.1, -0.05) is 0 Å². The number of nitriles is 1. The molecule has 2 aromatic heterocycles. The summed E-state index contributed by atoms with van der Waals surface area (Å²) >= 11 is 3.12.